The van der Waals surface area contributed by atoms with Crippen LogP contribution in [0.1, 0.15) is 24.1 Å². The molecule has 0 saturated carbocycles. The highest BCUT2D eigenvalue weighted by Crippen LogP contribution is 2.43. The van der Waals surface area contributed by atoms with Crippen molar-refractivity contribution in [2.24, 2.45) is 0 Å². The molecule has 3 rings (SSSR count). The molecule has 1 unspecified atom stereocenters. The lowest BCUT2D eigenvalue weighted by Gasteiger charge is -2.36. The van der Waals surface area contributed by atoms with E-state index in [2.05, 4.69) is 22.3 Å². The van der Waals surface area contributed by atoms with Crippen LogP contribution in [0.4, 0.5) is 0 Å². The Morgan fingerprint density at radius 2 is 1.40 bits per heavy atom. The first kappa shape index (κ1) is 22.1. The van der Waals surface area contributed by atoms with Crippen molar-refractivity contribution in [3.05, 3.63) is 41.5 Å². The maximum Gasteiger partial charge on any atom is 0.203 e. The van der Waals surface area contributed by atoms with Gasteiger partial charge >= 0.3 is 0 Å². The van der Waals surface area contributed by atoms with Crippen LogP contribution in [0.15, 0.2) is 30.3 Å². The van der Waals surface area contributed by atoms with Gasteiger partial charge in [0.1, 0.15) is 0 Å². The number of nitrogens with zero attached hydrogens (tertiary/aromatic N) is 1. The van der Waals surface area contributed by atoms with Crippen molar-refractivity contribution < 1.29 is 23.7 Å². The molecule has 0 amide bonds. The zero-order chi connectivity index (χ0) is 21.5. The summed E-state index contributed by atoms with van der Waals surface area (Å²) in [5.41, 5.74) is 2.18. The second-order valence-electron chi connectivity index (χ2n) is 6.99. The Balaban J connectivity index is 2.12. The molecule has 1 aliphatic heterocycles. The first-order chi connectivity index (χ1) is 14.7. The third-order valence-electron chi connectivity index (χ3n) is 5.32. The number of rotatable bonds is 9. The number of hydrogen-bond donors (Lipinski definition) is 1. The van der Waals surface area contributed by atoms with Crippen molar-refractivity contribution in [1.82, 2.24) is 10.2 Å². The summed E-state index contributed by atoms with van der Waals surface area (Å²) in [5, 5.41) is 3.43. The van der Waals surface area contributed by atoms with Crippen LogP contribution < -0.4 is 29.0 Å². The third kappa shape index (κ3) is 4.57. The molecule has 7 nitrogen and oxygen atoms in total. The van der Waals surface area contributed by atoms with E-state index in [0.717, 1.165) is 48.8 Å². The monoisotopic (exact) mass is 416 g/mol. The lowest BCUT2D eigenvalue weighted by Crippen LogP contribution is -2.45. The van der Waals surface area contributed by atoms with E-state index in [1.807, 2.05) is 25.1 Å². The number of methoxy groups -OCH3 is 4. The zero-order valence-electron chi connectivity index (χ0n) is 18.5. The summed E-state index contributed by atoms with van der Waals surface area (Å²) in [6.45, 7) is 6.29. The van der Waals surface area contributed by atoms with Gasteiger partial charge in [0, 0.05) is 26.2 Å². The molecule has 1 atom stereocenters. The minimum atomic E-state index is 0.00498. The van der Waals surface area contributed by atoms with Crippen molar-refractivity contribution in [1.29, 1.82) is 0 Å². The van der Waals surface area contributed by atoms with E-state index in [0.29, 0.717) is 23.9 Å². The Kier molecular flexibility index (Phi) is 7.65. The second-order valence-corrected chi connectivity index (χ2v) is 6.99. The maximum absolute atomic E-state index is 5.71. The molecule has 0 aromatic heterocycles. The summed E-state index contributed by atoms with van der Waals surface area (Å²) in [6, 6.07) is 10.2. The molecule has 1 saturated heterocycles. The van der Waals surface area contributed by atoms with E-state index < -0.39 is 0 Å². The highest BCUT2D eigenvalue weighted by Gasteiger charge is 2.27. The van der Waals surface area contributed by atoms with E-state index in [-0.39, 0.29) is 6.04 Å². The highest BCUT2D eigenvalue weighted by atomic mass is 16.5. The molecule has 2 aromatic carbocycles. The SMILES string of the molecule is CCOc1ccc(C(c2cc(OC)c(OC)c(OC)c2)N2CCNCC2)cc1OC. The first-order valence-electron chi connectivity index (χ1n) is 10.2. The topological polar surface area (TPSA) is 61.4 Å². The molecule has 30 heavy (non-hydrogen) atoms. The smallest absolute Gasteiger partial charge is 0.203 e. The van der Waals surface area contributed by atoms with Gasteiger partial charge in [-0.25, -0.2) is 0 Å². The number of nitrogens with one attached hydrogen (secondary N) is 1. The summed E-state index contributed by atoms with van der Waals surface area (Å²) in [6.07, 6.45) is 0. The quantitative estimate of drug-likeness (QED) is 0.674. The van der Waals surface area contributed by atoms with Crippen molar-refractivity contribution in [3.8, 4) is 28.7 Å². The van der Waals surface area contributed by atoms with Crippen LogP contribution >= 0.6 is 0 Å². The van der Waals surface area contributed by atoms with E-state index in [1.54, 1.807) is 28.4 Å². The molecule has 1 fully saturated rings. The number of piperazine rings is 1. The predicted molar refractivity (Wildman–Crippen MR) is 117 cm³/mol. The van der Waals surface area contributed by atoms with Crippen molar-refractivity contribution in [2.75, 3.05) is 61.2 Å². The van der Waals surface area contributed by atoms with E-state index in [4.69, 9.17) is 23.7 Å². The fraction of sp³-hybridized carbons (Fsp3) is 0.478. The Bertz CT molecular complexity index is 811. The van der Waals surface area contributed by atoms with Crippen molar-refractivity contribution >= 4 is 0 Å². The van der Waals surface area contributed by atoms with E-state index in [9.17, 15) is 0 Å². The number of ether oxygens (including phenoxy) is 5. The fourth-order valence-electron chi connectivity index (χ4n) is 3.94. The van der Waals surface area contributed by atoms with Gasteiger partial charge in [0.2, 0.25) is 5.75 Å². The van der Waals surface area contributed by atoms with Crippen LogP contribution in [0.25, 0.3) is 0 Å². The second kappa shape index (κ2) is 10.4. The molecule has 0 bridgehead atoms. The van der Waals surface area contributed by atoms with Crippen LogP contribution in [0.3, 0.4) is 0 Å². The highest BCUT2D eigenvalue weighted by molar-refractivity contribution is 5.56. The molecule has 0 spiro atoms. The van der Waals surface area contributed by atoms with Crippen LogP contribution in [0.2, 0.25) is 0 Å². The standard InChI is InChI=1S/C23H32N2O5/c1-6-30-18-8-7-16(13-19(18)26-2)22(25-11-9-24-10-12-25)17-14-20(27-3)23(29-5)21(15-17)28-4/h7-8,13-15,22,24H,6,9-12H2,1-5H3. The molecule has 0 aliphatic carbocycles. The van der Waals surface area contributed by atoms with Crippen LogP contribution in [0, 0.1) is 0 Å². The minimum Gasteiger partial charge on any atom is -0.493 e. The fourth-order valence-corrected chi connectivity index (χ4v) is 3.94. The Morgan fingerprint density at radius 1 is 0.800 bits per heavy atom. The van der Waals surface area contributed by atoms with Crippen molar-refractivity contribution in [3.63, 3.8) is 0 Å². The van der Waals surface area contributed by atoms with Crippen LogP contribution in [0.5, 0.6) is 28.7 Å². The van der Waals surface area contributed by atoms with Gasteiger partial charge in [0.25, 0.3) is 0 Å². The van der Waals surface area contributed by atoms with Gasteiger partial charge in [-0.1, -0.05) is 6.07 Å². The molecule has 1 heterocycles. The van der Waals surface area contributed by atoms with Gasteiger partial charge < -0.3 is 29.0 Å². The maximum atomic E-state index is 5.71. The van der Waals surface area contributed by atoms with Crippen LogP contribution in [-0.2, 0) is 0 Å². The normalized spacial score (nSPS) is 15.4. The molecule has 1 N–H and O–H groups in total. The summed E-state index contributed by atoms with van der Waals surface area (Å²) >= 11 is 0. The third-order valence-corrected chi connectivity index (χ3v) is 5.32. The van der Waals surface area contributed by atoms with Gasteiger partial charge in [-0.05, 0) is 42.3 Å². The average molecular weight is 417 g/mol. The average Bonchev–Trinajstić information content (AvgIpc) is 2.80. The van der Waals surface area contributed by atoms with Gasteiger partial charge in [0.15, 0.2) is 23.0 Å². The number of benzene rings is 2. The minimum absolute atomic E-state index is 0.00498. The molecule has 164 valence electrons. The Morgan fingerprint density at radius 3 is 1.93 bits per heavy atom. The first-order valence-corrected chi connectivity index (χ1v) is 10.2. The molecular formula is C23H32N2O5. The van der Waals surface area contributed by atoms with Crippen LogP contribution in [-0.4, -0.2) is 66.1 Å². The summed E-state index contributed by atoms with van der Waals surface area (Å²) < 4.78 is 28.1. The summed E-state index contributed by atoms with van der Waals surface area (Å²) in [4.78, 5) is 2.45. The molecule has 7 heteroatoms. The Hall–Kier alpha value is -2.64. The largest absolute Gasteiger partial charge is 0.493 e. The lowest BCUT2D eigenvalue weighted by atomic mass is 9.95. The molecule has 2 aromatic rings. The Labute approximate surface area is 178 Å². The van der Waals surface area contributed by atoms with Gasteiger partial charge in [-0.15, -0.1) is 0 Å². The van der Waals surface area contributed by atoms with E-state index in [1.165, 1.54) is 0 Å². The molecule has 1 aliphatic rings. The molecular weight excluding hydrogens is 384 g/mol. The lowest BCUT2D eigenvalue weighted by molar-refractivity contribution is 0.197. The van der Waals surface area contributed by atoms with Crippen molar-refractivity contribution in [2.45, 2.75) is 13.0 Å². The zero-order valence-corrected chi connectivity index (χ0v) is 18.5. The van der Waals surface area contributed by atoms with Gasteiger partial charge in [-0.3, -0.25) is 4.90 Å². The predicted octanol–water partition coefficient (Wildman–Crippen LogP) is 3.11. The number of hydrogen-bond acceptors (Lipinski definition) is 7. The van der Waals surface area contributed by atoms with Gasteiger partial charge in [0.05, 0.1) is 41.1 Å². The van der Waals surface area contributed by atoms with Gasteiger partial charge in [-0.2, -0.15) is 0 Å². The summed E-state index contributed by atoms with van der Waals surface area (Å²) in [7, 11) is 6.56. The van der Waals surface area contributed by atoms with E-state index >= 15 is 0 Å². The summed E-state index contributed by atoms with van der Waals surface area (Å²) in [5.74, 6) is 3.34. The molecule has 0 radical (unpaired) electrons.